The maximum Gasteiger partial charge on any atom is 0.341 e. The summed E-state index contributed by atoms with van der Waals surface area (Å²) >= 11 is 2.70. The molecular formula is C27H27N3O3S2. The van der Waals surface area contributed by atoms with Crippen LogP contribution >= 0.6 is 22.7 Å². The van der Waals surface area contributed by atoms with Gasteiger partial charge in [0, 0.05) is 16.0 Å². The smallest absolute Gasteiger partial charge is 0.341 e. The third kappa shape index (κ3) is 4.32. The molecule has 0 saturated carbocycles. The fraction of sp³-hybridized carbons (Fsp3) is 0.296. The van der Waals surface area contributed by atoms with Gasteiger partial charge in [-0.25, -0.2) is 9.78 Å². The summed E-state index contributed by atoms with van der Waals surface area (Å²) in [7, 11) is 0. The molecule has 0 unspecified atom stereocenters. The van der Waals surface area contributed by atoms with E-state index < -0.39 is 5.97 Å². The number of hydrogen-bond acceptors (Lipinski definition) is 7. The zero-order valence-corrected chi connectivity index (χ0v) is 21.6. The number of esters is 1. The Bertz CT molecular complexity index is 1450. The van der Waals surface area contributed by atoms with E-state index in [1.54, 1.807) is 6.92 Å². The van der Waals surface area contributed by atoms with E-state index in [-0.39, 0.29) is 12.5 Å². The topological polar surface area (TPSA) is 94.3 Å². The van der Waals surface area contributed by atoms with Gasteiger partial charge in [0.2, 0.25) is 0 Å². The minimum Gasteiger partial charge on any atom is -0.462 e. The molecule has 6 nitrogen and oxygen atoms in total. The first-order chi connectivity index (χ1) is 16.9. The second-order valence-corrected chi connectivity index (χ2v) is 11.1. The lowest BCUT2D eigenvalue weighted by molar-refractivity contribution is 0.0527. The van der Waals surface area contributed by atoms with E-state index >= 15 is 0 Å². The number of hydrogen-bond donors (Lipinski definition) is 2. The van der Waals surface area contributed by atoms with Crippen molar-refractivity contribution in [1.29, 1.82) is 0 Å². The molecule has 1 aliphatic carbocycles. The van der Waals surface area contributed by atoms with Crippen molar-refractivity contribution >= 4 is 55.5 Å². The van der Waals surface area contributed by atoms with Crippen LogP contribution in [0.2, 0.25) is 0 Å². The first-order valence-electron chi connectivity index (χ1n) is 11.8. The lowest BCUT2D eigenvalue weighted by Gasteiger charge is -2.16. The fourth-order valence-electron chi connectivity index (χ4n) is 4.54. The molecule has 1 amide bonds. The lowest BCUT2D eigenvalue weighted by atomic mass is 9.89. The van der Waals surface area contributed by atoms with Crippen molar-refractivity contribution in [1.82, 2.24) is 4.98 Å². The highest BCUT2D eigenvalue weighted by molar-refractivity contribution is 7.22. The average molecular weight is 506 g/mol. The van der Waals surface area contributed by atoms with Gasteiger partial charge in [0.1, 0.15) is 14.7 Å². The maximum absolute atomic E-state index is 13.4. The van der Waals surface area contributed by atoms with Gasteiger partial charge in [-0.15, -0.1) is 22.7 Å². The number of ether oxygens (including phenoxy) is 1. The molecule has 1 aliphatic rings. The molecule has 0 saturated heterocycles. The molecular weight excluding hydrogens is 478 g/mol. The number of rotatable bonds is 6. The largest absolute Gasteiger partial charge is 0.462 e. The van der Waals surface area contributed by atoms with Gasteiger partial charge in [-0.05, 0) is 60.9 Å². The van der Waals surface area contributed by atoms with Gasteiger partial charge in [0.25, 0.3) is 5.91 Å². The number of carbonyl (C=O) groups is 2. The number of benzene rings is 1. The van der Waals surface area contributed by atoms with E-state index in [9.17, 15) is 9.59 Å². The summed E-state index contributed by atoms with van der Waals surface area (Å²) in [6.07, 6.45) is 2.42. The van der Waals surface area contributed by atoms with Crippen molar-refractivity contribution in [2.24, 2.45) is 5.92 Å². The number of aryl methyl sites for hydroxylation is 1. The minimum absolute atomic E-state index is 0.265. The Hall–Kier alpha value is -3.23. The first-order valence-corrected chi connectivity index (χ1v) is 13.4. The van der Waals surface area contributed by atoms with Gasteiger partial charge < -0.3 is 15.8 Å². The van der Waals surface area contributed by atoms with Crippen molar-refractivity contribution < 1.29 is 14.3 Å². The number of aromatic nitrogens is 1. The van der Waals surface area contributed by atoms with E-state index in [1.807, 2.05) is 24.3 Å². The molecule has 3 heterocycles. The van der Waals surface area contributed by atoms with Crippen molar-refractivity contribution in [2.45, 2.75) is 40.0 Å². The standard InChI is InChI=1S/C27H27N3O3S2/c1-4-33-27(32)20-18-11-9-15-7-5-6-8-17(15)22(18)34-26(20)30-24(31)23-21(28)19-12-10-16(13-14(2)3)29-25(19)35-23/h5-8,10,12,14H,4,9,11,13,28H2,1-3H3,(H,30,31). The Labute approximate surface area is 212 Å². The number of nitrogens with one attached hydrogen (secondary N) is 1. The molecule has 0 bridgehead atoms. The van der Waals surface area contributed by atoms with Crippen molar-refractivity contribution in [3.8, 4) is 10.4 Å². The van der Waals surface area contributed by atoms with Gasteiger partial charge in [0.05, 0.1) is 17.9 Å². The number of nitrogens with zero attached hydrogens (tertiary/aromatic N) is 1. The van der Waals surface area contributed by atoms with Crippen molar-refractivity contribution in [3.05, 3.63) is 63.7 Å². The van der Waals surface area contributed by atoms with Gasteiger partial charge in [0.15, 0.2) is 0 Å². The predicted octanol–water partition coefficient (Wildman–Crippen LogP) is 6.33. The quantitative estimate of drug-likeness (QED) is 0.299. The number of carbonyl (C=O) groups excluding carboxylic acids is 2. The number of pyridine rings is 1. The second kappa shape index (κ2) is 9.43. The van der Waals surface area contributed by atoms with Gasteiger partial charge in [-0.2, -0.15) is 0 Å². The van der Waals surface area contributed by atoms with E-state index in [0.717, 1.165) is 51.2 Å². The van der Waals surface area contributed by atoms with Crippen molar-refractivity contribution in [3.63, 3.8) is 0 Å². The minimum atomic E-state index is -0.413. The summed E-state index contributed by atoms with van der Waals surface area (Å²) < 4.78 is 5.37. The zero-order valence-electron chi connectivity index (χ0n) is 19.9. The van der Waals surface area contributed by atoms with E-state index in [2.05, 4.69) is 31.3 Å². The SMILES string of the molecule is CCOC(=O)c1c(NC(=O)c2sc3nc(CC(C)C)ccc3c2N)sc2c1CCc1ccccc1-2. The Morgan fingerprint density at radius 3 is 2.71 bits per heavy atom. The molecule has 0 fully saturated rings. The third-order valence-electron chi connectivity index (χ3n) is 6.10. The van der Waals surface area contributed by atoms with Crippen LogP contribution in [0.15, 0.2) is 36.4 Å². The van der Waals surface area contributed by atoms with Crippen LogP contribution in [0.4, 0.5) is 10.7 Å². The molecule has 5 rings (SSSR count). The Morgan fingerprint density at radius 2 is 1.94 bits per heavy atom. The molecule has 35 heavy (non-hydrogen) atoms. The Balaban J connectivity index is 1.53. The summed E-state index contributed by atoms with van der Waals surface area (Å²) in [6.45, 7) is 6.34. The number of anilines is 2. The molecule has 3 N–H and O–H groups in total. The summed E-state index contributed by atoms with van der Waals surface area (Å²) in [4.78, 5) is 33.2. The van der Waals surface area contributed by atoms with Crippen LogP contribution in [-0.2, 0) is 24.0 Å². The molecule has 180 valence electrons. The molecule has 1 aromatic carbocycles. The Morgan fingerprint density at radius 1 is 1.14 bits per heavy atom. The van der Waals surface area contributed by atoms with Gasteiger partial charge >= 0.3 is 5.97 Å². The zero-order chi connectivity index (χ0) is 24.7. The summed E-state index contributed by atoms with van der Waals surface area (Å²) in [6, 6.07) is 12.1. The van der Waals surface area contributed by atoms with E-state index in [0.29, 0.717) is 27.0 Å². The van der Waals surface area contributed by atoms with Gasteiger partial charge in [-0.1, -0.05) is 38.1 Å². The van der Waals surface area contributed by atoms with Gasteiger partial charge in [-0.3, -0.25) is 4.79 Å². The number of nitrogen functional groups attached to an aromatic ring is 1. The molecule has 0 atom stereocenters. The number of amides is 1. The molecule has 0 spiro atoms. The highest BCUT2D eigenvalue weighted by Crippen LogP contribution is 2.46. The molecule has 0 aliphatic heterocycles. The summed E-state index contributed by atoms with van der Waals surface area (Å²) in [5.74, 6) is -0.270. The molecule has 0 radical (unpaired) electrons. The Kier molecular flexibility index (Phi) is 6.34. The van der Waals surface area contributed by atoms with Crippen LogP contribution in [0.25, 0.3) is 20.7 Å². The van der Waals surface area contributed by atoms with Crippen LogP contribution < -0.4 is 11.1 Å². The molecule has 4 aromatic rings. The highest BCUT2D eigenvalue weighted by atomic mass is 32.1. The van der Waals surface area contributed by atoms with E-state index in [4.69, 9.17) is 15.5 Å². The third-order valence-corrected chi connectivity index (χ3v) is 8.39. The highest BCUT2D eigenvalue weighted by Gasteiger charge is 2.30. The van der Waals surface area contributed by atoms with Crippen LogP contribution in [0.1, 0.15) is 57.6 Å². The monoisotopic (exact) mass is 505 g/mol. The number of nitrogens with two attached hydrogens (primary N) is 1. The second-order valence-electron chi connectivity index (χ2n) is 9.04. The fourth-order valence-corrected chi connectivity index (χ4v) is 6.84. The normalized spacial score (nSPS) is 12.5. The summed E-state index contributed by atoms with van der Waals surface area (Å²) in [5, 5.41) is 4.26. The number of thiophene rings is 2. The van der Waals surface area contributed by atoms with Crippen LogP contribution in [-0.4, -0.2) is 23.5 Å². The molecule has 8 heteroatoms. The number of fused-ring (bicyclic) bond motifs is 4. The predicted molar refractivity (Wildman–Crippen MR) is 144 cm³/mol. The maximum atomic E-state index is 13.4. The summed E-state index contributed by atoms with van der Waals surface area (Å²) in [5.41, 5.74) is 11.5. The lowest BCUT2D eigenvalue weighted by Crippen LogP contribution is -2.16. The first kappa shape index (κ1) is 23.5. The van der Waals surface area contributed by atoms with Crippen molar-refractivity contribution in [2.75, 3.05) is 17.7 Å². The van der Waals surface area contributed by atoms with E-state index in [1.165, 1.54) is 28.2 Å². The van der Waals surface area contributed by atoms with Crippen LogP contribution in [0, 0.1) is 5.92 Å². The average Bonchev–Trinajstić information content (AvgIpc) is 3.36. The van der Waals surface area contributed by atoms with Crippen LogP contribution in [0.3, 0.4) is 0 Å². The van der Waals surface area contributed by atoms with Crippen LogP contribution in [0.5, 0.6) is 0 Å². The molecule has 3 aromatic heterocycles.